The Hall–Kier alpha value is -1.40. The third-order valence-electron chi connectivity index (χ3n) is 2.90. The zero-order valence-corrected chi connectivity index (χ0v) is 10.8. The molecule has 1 aliphatic heterocycles. The van der Waals surface area contributed by atoms with Crippen LogP contribution in [0.3, 0.4) is 0 Å². The largest absolute Gasteiger partial charge is 0.383 e. The van der Waals surface area contributed by atoms with Crippen molar-refractivity contribution in [2.75, 3.05) is 44.0 Å². The summed E-state index contributed by atoms with van der Waals surface area (Å²) in [6.45, 7) is 3.50. The lowest BCUT2D eigenvalue weighted by molar-refractivity contribution is 0.210. The Morgan fingerprint density at radius 2 is 2.50 bits per heavy atom. The maximum absolute atomic E-state index is 4.99. The van der Waals surface area contributed by atoms with Crippen LogP contribution in [-0.2, 0) is 4.74 Å². The summed E-state index contributed by atoms with van der Waals surface area (Å²) in [6.07, 6.45) is 4.13. The zero-order valence-electron chi connectivity index (χ0n) is 10.8. The van der Waals surface area contributed by atoms with Crippen molar-refractivity contribution >= 4 is 11.8 Å². The molecular weight excluding hydrogens is 230 g/mol. The fourth-order valence-corrected chi connectivity index (χ4v) is 1.97. The minimum atomic E-state index is 0.424. The molecule has 100 valence electrons. The molecule has 0 spiro atoms. The van der Waals surface area contributed by atoms with Crippen molar-refractivity contribution in [3.63, 3.8) is 0 Å². The Kier molecular flexibility index (Phi) is 5.16. The number of hydrogen-bond donors (Lipinski definition) is 3. The van der Waals surface area contributed by atoms with Gasteiger partial charge in [0.1, 0.15) is 5.82 Å². The second kappa shape index (κ2) is 7.13. The van der Waals surface area contributed by atoms with Crippen molar-refractivity contribution in [2.45, 2.75) is 18.9 Å². The molecular formula is C12H21N5O. The van der Waals surface area contributed by atoms with Crippen LogP contribution < -0.4 is 16.0 Å². The fourth-order valence-electron chi connectivity index (χ4n) is 1.97. The van der Waals surface area contributed by atoms with Crippen molar-refractivity contribution in [3.05, 3.63) is 12.3 Å². The number of methoxy groups -OCH3 is 1. The number of piperidine rings is 1. The number of anilines is 2. The van der Waals surface area contributed by atoms with Gasteiger partial charge in [0.15, 0.2) is 0 Å². The first-order valence-corrected chi connectivity index (χ1v) is 6.41. The Balaban J connectivity index is 1.85. The topological polar surface area (TPSA) is 71.1 Å². The molecule has 0 radical (unpaired) electrons. The van der Waals surface area contributed by atoms with E-state index in [0.29, 0.717) is 18.6 Å². The van der Waals surface area contributed by atoms with Gasteiger partial charge in [-0.25, -0.2) is 4.98 Å². The zero-order chi connectivity index (χ0) is 12.6. The van der Waals surface area contributed by atoms with Crippen LogP contribution in [0.5, 0.6) is 0 Å². The van der Waals surface area contributed by atoms with E-state index in [2.05, 4.69) is 25.9 Å². The number of nitrogens with zero attached hydrogens (tertiary/aromatic N) is 2. The van der Waals surface area contributed by atoms with Crippen molar-refractivity contribution in [3.8, 4) is 0 Å². The lowest BCUT2D eigenvalue weighted by atomic mass is 10.1. The van der Waals surface area contributed by atoms with E-state index in [0.717, 1.165) is 31.9 Å². The summed E-state index contributed by atoms with van der Waals surface area (Å²) < 4.78 is 4.99. The molecule has 6 nitrogen and oxygen atoms in total. The predicted octanol–water partition coefficient (Wildman–Crippen LogP) is 0.699. The van der Waals surface area contributed by atoms with E-state index in [1.54, 1.807) is 13.3 Å². The van der Waals surface area contributed by atoms with Crippen LogP contribution in [0.4, 0.5) is 11.8 Å². The summed E-state index contributed by atoms with van der Waals surface area (Å²) in [5.74, 6) is 1.51. The highest BCUT2D eigenvalue weighted by Gasteiger charge is 2.13. The monoisotopic (exact) mass is 251 g/mol. The van der Waals surface area contributed by atoms with Crippen molar-refractivity contribution in [1.29, 1.82) is 0 Å². The molecule has 6 heteroatoms. The first-order valence-electron chi connectivity index (χ1n) is 6.41. The minimum Gasteiger partial charge on any atom is -0.383 e. The molecule has 2 rings (SSSR count). The number of hydrogen-bond acceptors (Lipinski definition) is 6. The van der Waals surface area contributed by atoms with Crippen molar-refractivity contribution in [1.82, 2.24) is 15.3 Å². The van der Waals surface area contributed by atoms with Gasteiger partial charge in [-0.3, -0.25) is 0 Å². The molecule has 0 amide bonds. The highest BCUT2D eigenvalue weighted by molar-refractivity contribution is 5.40. The Morgan fingerprint density at radius 1 is 1.56 bits per heavy atom. The molecule has 1 aromatic heterocycles. The lowest BCUT2D eigenvalue weighted by Crippen LogP contribution is -2.38. The summed E-state index contributed by atoms with van der Waals surface area (Å²) in [7, 11) is 1.69. The number of rotatable bonds is 6. The fraction of sp³-hybridized carbons (Fsp3) is 0.667. The van der Waals surface area contributed by atoms with Crippen LogP contribution in [0.1, 0.15) is 12.8 Å². The van der Waals surface area contributed by atoms with Gasteiger partial charge in [0.05, 0.1) is 6.61 Å². The summed E-state index contributed by atoms with van der Waals surface area (Å²) in [6, 6.07) is 2.29. The highest BCUT2D eigenvalue weighted by atomic mass is 16.5. The number of ether oxygens (including phenoxy) is 1. The molecule has 1 atom stereocenters. The lowest BCUT2D eigenvalue weighted by Gasteiger charge is -2.23. The van der Waals surface area contributed by atoms with E-state index >= 15 is 0 Å². The Morgan fingerprint density at radius 3 is 3.28 bits per heavy atom. The molecule has 2 heterocycles. The SMILES string of the molecule is COCCNc1ccnc(NC2CCCNC2)n1. The van der Waals surface area contributed by atoms with Crippen LogP contribution in [-0.4, -0.2) is 49.4 Å². The summed E-state index contributed by atoms with van der Waals surface area (Å²) in [5, 5.41) is 9.91. The molecule has 1 saturated heterocycles. The first kappa shape index (κ1) is 13.0. The first-order chi connectivity index (χ1) is 8.88. The van der Waals surface area contributed by atoms with Gasteiger partial charge in [0, 0.05) is 32.4 Å². The molecule has 18 heavy (non-hydrogen) atoms. The molecule has 1 unspecified atom stereocenters. The van der Waals surface area contributed by atoms with Crippen molar-refractivity contribution in [2.24, 2.45) is 0 Å². The summed E-state index contributed by atoms with van der Waals surface area (Å²) >= 11 is 0. The summed E-state index contributed by atoms with van der Waals surface area (Å²) in [5.41, 5.74) is 0. The van der Waals surface area contributed by atoms with E-state index in [4.69, 9.17) is 4.74 Å². The molecule has 0 bridgehead atoms. The second-order valence-corrected chi connectivity index (χ2v) is 4.37. The van der Waals surface area contributed by atoms with Gasteiger partial charge in [0.2, 0.25) is 5.95 Å². The maximum Gasteiger partial charge on any atom is 0.224 e. The maximum atomic E-state index is 4.99. The van der Waals surface area contributed by atoms with Gasteiger partial charge in [0.25, 0.3) is 0 Å². The molecule has 1 aromatic rings. The van der Waals surface area contributed by atoms with Gasteiger partial charge in [-0.2, -0.15) is 4.98 Å². The smallest absolute Gasteiger partial charge is 0.224 e. The average molecular weight is 251 g/mol. The Bertz CT molecular complexity index is 354. The molecule has 0 aliphatic carbocycles. The van der Waals surface area contributed by atoms with Gasteiger partial charge >= 0.3 is 0 Å². The van der Waals surface area contributed by atoms with E-state index in [9.17, 15) is 0 Å². The highest BCUT2D eigenvalue weighted by Crippen LogP contribution is 2.10. The van der Waals surface area contributed by atoms with Gasteiger partial charge in [-0.15, -0.1) is 0 Å². The quantitative estimate of drug-likeness (QED) is 0.647. The van der Waals surface area contributed by atoms with Crippen LogP contribution in [0.2, 0.25) is 0 Å². The third kappa shape index (κ3) is 4.12. The summed E-state index contributed by atoms with van der Waals surface area (Å²) in [4.78, 5) is 8.66. The van der Waals surface area contributed by atoms with E-state index in [1.807, 2.05) is 6.07 Å². The van der Waals surface area contributed by atoms with E-state index in [1.165, 1.54) is 6.42 Å². The third-order valence-corrected chi connectivity index (χ3v) is 2.90. The molecule has 0 saturated carbocycles. The van der Waals surface area contributed by atoms with Gasteiger partial charge in [-0.1, -0.05) is 0 Å². The second-order valence-electron chi connectivity index (χ2n) is 4.37. The predicted molar refractivity (Wildman–Crippen MR) is 71.9 cm³/mol. The molecule has 1 fully saturated rings. The average Bonchev–Trinajstić information content (AvgIpc) is 2.41. The van der Waals surface area contributed by atoms with E-state index in [-0.39, 0.29) is 0 Å². The molecule has 1 aliphatic rings. The molecule has 3 N–H and O–H groups in total. The van der Waals surface area contributed by atoms with E-state index < -0.39 is 0 Å². The normalized spacial score (nSPS) is 19.5. The molecule has 0 aromatic carbocycles. The van der Waals surface area contributed by atoms with Crippen LogP contribution >= 0.6 is 0 Å². The number of aromatic nitrogens is 2. The van der Waals surface area contributed by atoms with Crippen LogP contribution in [0.25, 0.3) is 0 Å². The van der Waals surface area contributed by atoms with Crippen LogP contribution in [0, 0.1) is 0 Å². The number of nitrogens with one attached hydrogen (secondary N) is 3. The standard InChI is InChI=1S/C12H21N5O/c1-18-8-7-14-11-4-6-15-12(17-11)16-10-3-2-5-13-9-10/h4,6,10,13H,2-3,5,7-9H2,1H3,(H2,14,15,16,17). The van der Waals surface area contributed by atoms with Crippen molar-refractivity contribution < 1.29 is 4.74 Å². The van der Waals surface area contributed by atoms with Crippen LogP contribution in [0.15, 0.2) is 12.3 Å². The van der Waals surface area contributed by atoms with Gasteiger partial charge < -0.3 is 20.7 Å². The van der Waals surface area contributed by atoms with Gasteiger partial charge in [-0.05, 0) is 25.5 Å². The minimum absolute atomic E-state index is 0.424. The Labute approximate surface area is 108 Å².